The fourth-order valence-electron chi connectivity index (χ4n) is 2.48. The molecule has 0 aromatic heterocycles. The number of rotatable bonds is 6. The normalized spacial score (nSPS) is 15.6. The van der Waals surface area contributed by atoms with Gasteiger partial charge in [-0.25, -0.2) is 0 Å². The monoisotopic (exact) mass is 286 g/mol. The smallest absolute Gasteiger partial charge is 0.0263 e. The van der Waals surface area contributed by atoms with Gasteiger partial charge >= 0.3 is 0 Å². The maximum atomic E-state index is 10.4. The summed E-state index contributed by atoms with van der Waals surface area (Å²) in [5, 5.41) is 0. The summed E-state index contributed by atoms with van der Waals surface area (Å²) in [6.45, 7) is 4.40. The molecule has 0 saturated heterocycles. The van der Waals surface area contributed by atoms with E-state index in [1.54, 1.807) is 0 Å². The number of benzene rings is 2. The van der Waals surface area contributed by atoms with E-state index in [0.717, 1.165) is 12.3 Å². The maximum Gasteiger partial charge on any atom is 0.0263 e. The zero-order valence-corrected chi connectivity index (χ0v) is 13.1. The SMILES string of the molecule is CC(CP(O)CC(C)c1ccccc1)c1ccccc1. The standard InChI is InChI=1S/C18H23OP/c1-15(17-9-5-3-6-10-17)13-20(19)14-16(2)18-11-7-4-8-12-18/h3-12,15-16,19H,13-14H2,1-2H3. The molecule has 0 heterocycles. The van der Waals surface area contributed by atoms with E-state index < -0.39 is 8.15 Å². The molecule has 0 fully saturated rings. The van der Waals surface area contributed by atoms with Crippen LogP contribution in [0.25, 0.3) is 0 Å². The average molecular weight is 286 g/mol. The van der Waals surface area contributed by atoms with Crippen LogP contribution in [0.2, 0.25) is 0 Å². The molecule has 0 radical (unpaired) electrons. The first-order valence-corrected chi connectivity index (χ1v) is 8.87. The number of hydrogen-bond donors (Lipinski definition) is 1. The lowest BCUT2D eigenvalue weighted by Crippen LogP contribution is -2.04. The summed E-state index contributed by atoms with van der Waals surface area (Å²) in [7, 11) is -0.907. The molecule has 1 N–H and O–H groups in total. The third-order valence-electron chi connectivity index (χ3n) is 3.71. The van der Waals surface area contributed by atoms with Gasteiger partial charge in [-0.05, 0) is 35.3 Å². The van der Waals surface area contributed by atoms with Crippen LogP contribution < -0.4 is 0 Å². The lowest BCUT2D eigenvalue weighted by atomic mass is 10.0. The van der Waals surface area contributed by atoms with E-state index >= 15 is 0 Å². The van der Waals surface area contributed by atoms with Crippen molar-refractivity contribution >= 4 is 8.15 Å². The molecule has 1 nitrogen and oxygen atoms in total. The minimum Gasteiger partial charge on any atom is -0.374 e. The van der Waals surface area contributed by atoms with Crippen molar-refractivity contribution in [3.05, 3.63) is 71.8 Å². The molecule has 2 aromatic rings. The van der Waals surface area contributed by atoms with Gasteiger partial charge < -0.3 is 4.89 Å². The Hall–Kier alpha value is -1.17. The van der Waals surface area contributed by atoms with Gasteiger partial charge in [-0.15, -0.1) is 0 Å². The van der Waals surface area contributed by atoms with Gasteiger partial charge in [0.2, 0.25) is 0 Å². The molecule has 0 aliphatic rings. The van der Waals surface area contributed by atoms with E-state index in [-0.39, 0.29) is 0 Å². The number of hydrogen-bond acceptors (Lipinski definition) is 1. The predicted molar refractivity (Wildman–Crippen MR) is 88.6 cm³/mol. The van der Waals surface area contributed by atoms with Gasteiger partial charge in [0.05, 0.1) is 0 Å². The van der Waals surface area contributed by atoms with Crippen molar-refractivity contribution in [1.29, 1.82) is 0 Å². The summed E-state index contributed by atoms with van der Waals surface area (Å²) < 4.78 is 0. The zero-order chi connectivity index (χ0) is 14.4. The van der Waals surface area contributed by atoms with Gasteiger partial charge in [0.15, 0.2) is 0 Å². The Kier molecular flexibility index (Phi) is 5.76. The minimum absolute atomic E-state index is 0.426. The maximum absolute atomic E-state index is 10.4. The van der Waals surface area contributed by atoms with Gasteiger partial charge in [-0.3, -0.25) is 0 Å². The molecule has 2 atom stereocenters. The van der Waals surface area contributed by atoms with Crippen molar-refractivity contribution in [3.8, 4) is 0 Å². The lowest BCUT2D eigenvalue weighted by Gasteiger charge is -2.20. The van der Waals surface area contributed by atoms with Crippen LogP contribution in [-0.2, 0) is 0 Å². The Morgan fingerprint density at radius 1 is 0.750 bits per heavy atom. The van der Waals surface area contributed by atoms with Crippen LogP contribution in [0.3, 0.4) is 0 Å². The van der Waals surface area contributed by atoms with Gasteiger partial charge in [-0.2, -0.15) is 0 Å². The fraction of sp³-hybridized carbons (Fsp3) is 0.333. The molecule has 2 rings (SSSR count). The fourth-order valence-corrected chi connectivity index (χ4v) is 4.32. The van der Waals surface area contributed by atoms with Gasteiger partial charge in [0.25, 0.3) is 0 Å². The third-order valence-corrected chi connectivity index (χ3v) is 5.64. The molecule has 0 spiro atoms. The molecule has 2 unspecified atom stereocenters. The van der Waals surface area contributed by atoms with Crippen LogP contribution in [-0.4, -0.2) is 17.2 Å². The summed E-state index contributed by atoms with van der Waals surface area (Å²) in [6, 6.07) is 20.9. The summed E-state index contributed by atoms with van der Waals surface area (Å²) in [5.74, 6) is 0.852. The second-order valence-electron chi connectivity index (χ2n) is 5.50. The second kappa shape index (κ2) is 7.57. The molecule has 0 aliphatic carbocycles. The van der Waals surface area contributed by atoms with Crippen molar-refractivity contribution < 1.29 is 4.89 Å². The summed E-state index contributed by atoms with van der Waals surface area (Å²) in [6.07, 6.45) is 1.77. The predicted octanol–water partition coefficient (Wildman–Crippen LogP) is 4.98. The van der Waals surface area contributed by atoms with Crippen LogP contribution in [0.15, 0.2) is 60.7 Å². The topological polar surface area (TPSA) is 20.2 Å². The molecule has 0 aliphatic heterocycles. The van der Waals surface area contributed by atoms with Crippen LogP contribution >= 0.6 is 8.15 Å². The van der Waals surface area contributed by atoms with E-state index in [1.165, 1.54) is 11.1 Å². The van der Waals surface area contributed by atoms with Crippen molar-refractivity contribution in [2.24, 2.45) is 0 Å². The van der Waals surface area contributed by atoms with Crippen molar-refractivity contribution in [3.63, 3.8) is 0 Å². The molecule has 0 amide bonds. The quantitative estimate of drug-likeness (QED) is 0.742. The van der Waals surface area contributed by atoms with Gasteiger partial charge in [0, 0.05) is 8.15 Å². The van der Waals surface area contributed by atoms with E-state index in [4.69, 9.17) is 0 Å². The minimum atomic E-state index is -0.907. The van der Waals surface area contributed by atoms with E-state index in [0.29, 0.717) is 11.8 Å². The molecule has 106 valence electrons. The van der Waals surface area contributed by atoms with Crippen molar-refractivity contribution in [2.75, 3.05) is 12.3 Å². The highest BCUT2D eigenvalue weighted by Crippen LogP contribution is 2.40. The van der Waals surface area contributed by atoms with Crippen LogP contribution in [0.5, 0.6) is 0 Å². The Morgan fingerprint density at radius 2 is 1.10 bits per heavy atom. The Labute approximate surface area is 123 Å². The largest absolute Gasteiger partial charge is 0.374 e. The van der Waals surface area contributed by atoms with Crippen molar-refractivity contribution in [1.82, 2.24) is 0 Å². The summed E-state index contributed by atoms with van der Waals surface area (Å²) >= 11 is 0. The van der Waals surface area contributed by atoms with Gasteiger partial charge in [-0.1, -0.05) is 74.5 Å². The summed E-state index contributed by atoms with van der Waals surface area (Å²) in [5.41, 5.74) is 2.64. The lowest BCUT2D eigenvalue weighted by molar-refractivity contribution is 0.607. The van der Waals surface area contributed by atoms with Crippen LogP contribution in [0.1, 0.15) is 36.8 Å². The summed E-state index contributed by atoms with van der Waals surface area (Å²) in [4.78, 5) is 10.4. The Balaban J connectivity index is 1.88. The molecule has 0 saturated carbocycles. The van der Waals surface area contributed by atoms with E-state index in [9.17, 15) is 4.89 Å². The molecule has 2 aromatic carbocycles. The zero-order valence-electron chi connectivity index (χ0n) is 12.2. The third kappa shape index (κ3) is 4.44. The molecule has 2 heteroatoms. The highest BCUT2D eigenvalue weighted by Gasteiger charge is 2.16. The molecule has 0 bridgehead atoms. The highest BCUT2D eigenvalue weighted by molar-refractivity contribution is 7.51. The first-order valence-electron chi connectivity index (χ1n) is 7.20. The molecular formula is C18H23OP. The second-order valence-corrected chi connectivity index (χ2v) is 7.24. The first kappa shape index (κ1) is 15.2. The van der Waals surface area contributed by atoms with Crippen LogP contribution in [0.4, 0.5) is 0 Å². The highest BCUT2D eigenvalue weighted by atomic mass is 31.1. The Bertz CT molecular complexity index is 450. The van der Waals surface area contributed by atoms with E-state index in [1.807, 2.05) is 12.1 Å². The van der Waals surface area contributed by atoms with Gasteiger partial charge in [0.1, 0.15) is 0 Å². The molecule has 20 heavy (non-hydrogen) atoms. The van der Waals surface area contributed by atoms with E-state index in [2.05, 4.69) is 62.4 Å². The van der Waals surface area contributed by atoms with Crippen molar-refractivity contribution in [2.45, 2.75) is 25.7 Å². The Morgan fingerprint density at radius 3 is 1.45 bits per heavy atom. The van der Waals surface area contributed by atoms with Crippen LogP contribution in [0, 0.1) is 0 Å². The first-order chi connectivity index (χ1) is 9.66. The average Bonchev–Trinajstić information content (AvgIpc) is 2.49. The molecular weight excluding hydrogens is 263 g/mol.